The van der Waals surface area contributed by atoms with Crippen LogP contribution in [0.4, 0.5) is 8.78 Å². The minimum Gasteiger partial charge on any atom is -0.388 e. The second-order valence-electron chi connectivity index (χ2n) is 3.14. The average Bonchev–Trinajstić information content (AvgIpc) is 1.96. The zero-order chi connectivity index (χ0) is 10.3. The largest absolute Gasteiger partial charge is 0.388 e. The van der Waals surface area contributed by atoms with Crippen LogP contribution in [0.15, 0.2) is 0 Å². The van der Waals surface area contributed by atoms with E-state index in [1.54, 1.807) is 11.9 Å². The average molecular weight is 193 g/mol. The van der Waals surface area contributed by atoms with Crippen molar-refractivity contribution in [3.63, 3.8) is 0 Å². The maximum absolute atomic E-state index is 11.8. The molecule has 0 atom stereocenters. The van der Waals surface area contributed by atoms with Gasteiger partial charge in [-0.15, -0.1) is 0 Å². The summed E-state index contributed by atoms with van der Waals surface area (Å²) in [5.74, 6) is 0.163. The first-order valence-electron chi connectivity index (χ1n) is 4.32. The Labute approximate surface area is 77.4 Å². The topological polar surface area (TPSA) is 53.1 Å². The summed E-state index contributed by atoms with van der Waals surface area (Å²) in [7, 11) is 1.67. The molecule has 0 aromatic heterocycles. The van der Waals surface area contributed by atoms with E-state index in [0.29, 0.717) is 13.0 Å². The molecule has 0 rings (SSSR count). The van der Waals surface area contributed by atoms with Gasteiger partial charge < -0.3 is 10.6 Å². The lowest BCUT2D eigenvalue weighted by Crippen LogP contribution is -2.25. The van der Waals surface area contributed by atoms with Gasteiger partial charge in [-0.2, -0.15) is 0 Å². The molecule has 0 aromatic carbocycles. The van der Waals surface area contributed by atoms with Crippen molar-refractivity contribution in [1.82, 2.24) is 4.90 Å². The van der Waals surface area contributed by atoms with Gasteiger partial charge in [-0.1, -0.05) is 0 Å². The van der Waals surface area contributed by atoms with E-state index in [4.69, 9.17) is 11.1 Å². The fraction of sp³-hybridized carbons (Fsp3) is 0.875. The van der Waals surface area contributed by atoms with Crippen LogP contribution in [0.2, 0.25) is 0 Å². The maximum Gasteiger partial charge on any atom is 0.251 e. The van der Waals surface area contributed by atoms with Crippen LogP contribution in [0.3, 0.4) is 0 Å². The number of nitrogens with one attached hydrogen (secondary N) is 1. The third-order valence-corrected chi connectivity index (χ3v) is 1.69. The van der Waals surface area contributed by atoms with Crippen molar-refractivity contribution in [2.45, 2.75) is 25.7 Å². The molecular formula is C8H17F2N3. The number of nitrogens with zero attached hydrogens (tertiary/aromatic N) is 1. The summed E-state index contributed by atoms with van der Waals surface area (Å²) in [6.45, 7) is 0.456. The maximum atomic E-state index is 11.8. The smallest absolute Gasteiger partial charge is 0.251 e. The summed E-state index contributed by atoms with van der Waals surface area (Å²) >= 11 is 0. The molecule has 0 saturated heterocycles. The lowest BCUT2D eigenvalue weighted by Gasteiger charge is -2.15. The molecular weight excluding hydrogens is 176 g/mol. The Morgan fingerprint density at radius 2 is 2.08 bits per heavy atom. The van der Waals surface area contributed by atoms with Gasteiger partial charge in [0, 0.05) is 6.42 Å². The highest BCUT2D eigenvalue weighted by molar-refractivity contribution is 5.76. The van der Waals surface area contributed by atoms with Crippen LogP contribution in [0.1, 0.15) is 19.3 Å². The Morgan fingerprint density at radius 3 is 2.54 bits per heavy atom. The van der Waals surface area contributed by atoms with E-state index in [1.807, 2.05) is 0 Å². The molecule has 5 heteroatoms. The Bertz CT molecular complexity index is 150. The van der Waals surface area contributed by atoms with Crippen molar-refractivity contribution >= 4 is 5.84 Å². The quantitative estimate of drug-likeness (QED) is 0.363. The Morgan fingerprint density at radius 1 is 1.46 bits per heavy atom. The van der Waals surface area contributed by atoms with Crippen molar-refractivity contribution < 1.29 is 8.78 Å². The lowest BCUT2D eigenvalue weighted by atomic mass is 10.2. The van der Waals surface area contributed by atoms with Gasteiger partial charge in [0.05, 0.1) is 12.4 Å². The van der Waals surface area contributed by atoms with Gasteiger partial charge in [-0.3, -0.25) is 5.41 Å². The van der Waals surface area contributed by atoms with Gasteiger partial charge in [-0.05, 0) is 26.4 Å². The van der Waals surface area contributed by atoms with Gasteiger partial charge in [0.1, 0.15) is 0 Å². The van der Waals surface area contributed by atoms with Crippen LogP contribution in [0.25, 0.3) is 0 Å². The van der Waals surface area contributed by atoms with Crippen molar-refractivity contribution in [3.8, 4) is 0 Å². The van der Waals surface area contributed by atoms with Crippen molar-refractivity contribution in [2.75, 3.05) is 20.1 Å². The van der Waals surface area contributed by atoms with Crippen LogP contribution < -0.4 is 5.73 Å². The zero-order valence-electron chi connectivity index (χ0n) is 7.89. The molecule has 0 radical (unpaired) electrons. The monoisotopic (exact) mass is 193 g/mol. The molecule has 0 aliphatic rings. The van der Waals surface area contributed by atoms with Crippen molar-refractivity contribution in [1.29, 1.82) is 5.41 Å². The molecule has 0 aliphatic carbocycles. The lowest BCUT2D eigenvalue weighted by molar-refractivity contribution is 0.0997. The van der Waals surface area contributed by atoms with E-state index < -0.39 is 6.43 Å². The number of hydrogen-bond acceptors (Lipinski definition) is 2. The molecule has 78 valence electrons. The minimum atomic E-state index is -2.27. The van der Waals surface area contributed by atoms with Crippen LogP contribution in [-0.2, 0) is 0 Å². The molecule has 0 spiro atoms. The number of alkyl halides is 2. The van der Waals surface area contributed by atoms with Gasteiger partial charge in [0.15, 0.2) is 0 Å². The molecule has 0 unspecified atom stereocenters. The predicted octanol–water partition coefficient (Wildman–Crippen LogP) is 1.29. The molecule has 0 aromatic rings. The molecule has 3 nitrogen and oxygen atoms in total. The second-order valence-corrected chi connectivity index (χ2v) is 3.14. The van der Waals surface area contributed by atoms with Crippen LogP contribution in [0, 0.1) is 5.41 Å². The van der Waals surface area contributed by atoms with Gasteiger partial charge in [-0.25, -0.2) is 8.78 Å². The summed E-state index contributed by atoms with van der Waals surface area (Å²) in [5, 5.41) is 6.94. The number of rotatable bonds is 7. The first-order chi connectivity index (χ1) is 6.02. The van der Waals surface area contributed by atoms with E-state index in [1.165, 1.54) is 0 Å². The molecule has 0 bridgehead atoms. The third-order valence-electron chi connectivity index (χ3n) is 1.69. The molecule has 0 saturated carbocycles. The summed E-state index contributed by atoms with van der Waals surface area (Å²) in [6.07, 6.45) is -0.105. The normalized spacial score (nSPS) is 11.2. The summed E-state index contributed by atoms with van der Waals surface area (Å²) in [4.78, 5) is 1.59. The molecule has 0 aliphatic heterocycles. The van der Waals surface area contributed by atoms with Crippen LogP contribution >= 0.6 is 0 Å². The third kappa shape index (κ3) is 9.20. The zero-order valence-corrected chi connectivity index (χ0v) is 7.89. The standard InChI is InChI=1S/C8H17F2N3/c1-13(6-7(9)10)5-3-2-4-8(11)12/h7H,2-6H2,1H3,(H3,11,12). The second kappa shape index (κ2) is 6.77. The van der Waals surface area contributed by atoms with Gasteiger partial charge in [0.2, 0.25) is 0 Å². The molecule has 0 heterocycles. The van der Waals surface area contributed by atoms with E-state index in [2.05, 4.69) is 0 Å². The number of halogens is 2. The predicted molar refractivity (Wildman–Crippen MR) is 49.3 cm³/mol. The molecule has 13 heavy (non-hydrogen) atoms. The fourth-order valence-corrected chi connectivity index (χ4v) is 1.02. The molecule has 0 amide bonds. The van der Waals surface area contributed by atoms with Crippen molar-refractivity contribution in [3.05, 3.63) is 0 Å². The van der Waals surface area contributed by atoms with Gasteiger partial charge >= 0.3 is 0 Å². The highest BCUT2D eigenvalue weighted by Crippen LogP contribution is 2.00. The number of hydrogen-bond donors (Lipinski definition) is 2. The highest BCUT2D eigenvalue weighted by Gasteiger charge is 2.06. The Balaban J connectivity index is 3.26. The number of nitrogens with two attached hydrogens (primary N) is 1. The Hall–Kier alpha value is -0.710. The number of unbranched alkanes of at least 4 members (excludes halogenated alkanes) is 1. The first-order valence-corrected chi connectivity index (χ1v) is 4.32. The van der Waals surface area contributed by atoms with Crippen LogP contribution in [-0.4, -0.2) is 37.3 Å². The van der Waals surface area contributed by atoms with Crippen LogP contribution in [0.5, 0.6) is 0 Å². The van der Waals surface area contributed by atoms with Crippen molar-refractivity contribution in [2.24, 2.45) is 5.73 Å². The summed E-state index contributed by atoms with van der Waals surface area (Å²) in [5.41, 5.74) is 5.14. The van der Waals surface area contributed by atoms with E-state index in [0.717, 1.165) is 12.8 Å². The molecule has 3 N–H and O–H groups in total. The first kappa shape index (κ1) is 12.3. The number of amidine groups is 1. The SMILES string of the molecule is CN(CCCCC(=N)N)CC(F)F. The van der Waals surface area contributed by atoms with E-state index in [-0.39, 0.29) is 12.4 Å². The van der Waals surface area contributed by atoms with E-state index >= 15 is 0 Å². The van der Waals surface area contributed by atoms with Gasteiger partial charge in [0.25, 0.3) is 6.43 Å². The highest BCUT2D eigenvalue weighted by atomic mass is 19.3. The van der Waals surface area contributed by atoms with E-state index in [9.17, 15) is 8.78 Å². The fourth-order valence-electron chi connectivity index (χ4n) is 1.02. The summed E-state index contributed by atoms with van der Waals surface area (Å²) < 4.78 is 23.7. The minimum absolute atomic E-state index is 0.163. The molecule has 0 fully saturated rings. The summed E-state index contributed by atoms with van der Waals surface area (Å²) in [6, 6.07) is 0. The Kier molecular flexibility index (Phi) is 6.40.